The predicted octanol–water partition coefficient (Wildman–Crippen LogP) is 0.558. The van der Waals surface area contributed by atoms with Crippen LogP contribution in [-0.4, -0.2) is 34.1 Å². The van der Waals surface area contributed by atoms with Crippen molar-refractivity contribution in [2.45, 2.75) is 25.7 Å². The van der Waals surface area contributed by atoms with Crippen LogP contribution in [0.1, 0.15) is 31.5 Å². The SMILES string of the molecule is CCN(CC(=O)O)c1cc(=O)[nH]c(C2CC2)n1. The number of anilines is 1. The fourth-order valence-electron chi connectivity index (χ4n) is 1.69. The smallest absolute Gasteiger partial charge is 0.323 e. The summed E-state index contributed by atoms with van der Waals surface area (Å²) in [6.07, 6.45) is 2.08. The number of aromatic amines is 1. The van der Waals surface area contributed by atoms with E-state index in [-0.39, 0.29) is 12.1 Å². The second-order valence-electron chi connectivity index (χ2n) is 4.17. The number of nitrogens with zero attached hydrogens (tertiary/aromatic N) is 2. The van der Waals surface area contributed by atoms with Crippen molar-refractivity contribution in [3.63, 3.8) is 0 Å². The summed E-state index contributed by atoms with van der Waals surface area (Å²) in [6, 6.07) is 1.35. The number of carboxylic acids is 1. The van der Waals surface area contributed by atoms with Crippen LogP contribution in [0.2, 0.25) is 0 Å². The Kier molecular flexibility index (Phi) is 3.12. The lowest BCUT2D eigenvalue weighted by Gasteiger charge is -2.19. The molecule has 1 aliphatic rings. The number of aliphatic carboxylic acids is 1. The number of carboxylic acid groups (broad SMARTS) is 1. The molecule has 2 N–H and O–H groups in total. The molecule has 1 aliphatic carbocycles. The minimum Gasteiger partial charge on any atom is -0.480 e. The molecule has 1 saturated carbocycles. The number of H-pyrrole nitrogens is 1. The molecule has 1 aromatic heterocycles. The summed E-state index contributed by atoms with van der Waals surface area (Å²) < 4.78 is 0. The third-order valence-corrected chi connectivity index (χ3v) is 2.74. The first-order chi connectivity index (χ1) is 8.10. The zero-order chi connectivity index (χ0) is 12.4. The van der Waals surface area contributed by atoms with Crippen molar-refractivity contribution in [1.82, 2.24) is 9.97 Å². The van der Waals surface area contributed by atoms with Crippen LogP contribution >= 0.6 is 0 Å². The highest BCUT2D eigenvalue weighted by molar-refractivity contribution is 5.73. The standard InChI is InChI=1S/C11H15N3O3/c1-2-14(6-10(16)17)8-5-9(15)13-11(12-8)7-3-4-7/h5,7H,2-4,6H2,1H3,(H,16,17)(H,12,13,15). The van der Waals surface area contributed by atoms with Gasteiger partial charge >= 0.3 is 5.97 Å². The van der Waals surface area contributed by atoms with Gasteiger partial charge in [0, 0.05) is 18.5 Å². The van der Waals surface area contributed by atoms with Crippen LogP contribution in [0.3, 0.4) is 0 Å². The van der Waals surface area contributed by atoms with Crippen molar-refractivity contribution in [3.8, 4) is 0 Å². The van der Waals surface area contributed by atoms with E-state index in [4.69, 9.17) is 5.11 Å². The molecule has 0 aromatic carbocycles. The highest BCUT2D eigenvalue weighted by Gasteiger charge is 2.27. The first-order valence-corrected chi connectivity index (χ1v) is 5.68. The van der Waals surface area contributed by atoms with Gasteiger partial charge in [-0.25, -0.2) is 4.98 Å². The van der Waals surface area contributed by atoms with Crippen LogP contribution in [0, 0.1) is 0 Å². The van der Waals surface area contributed by atoms with Crippen LogP contribution in [0.15, 0.2) is 10.9 Å². The van der Waals surface area contributed by atoms with E-state index in [1.807, 2.05) is 6.92 Å². The molecule has 0 aliphatic heterocycles. The zero-order valence-electron chi connectivity index (χ0n) is 9.64. The minimum absolute atomic E-state index is 0.142. The minimum atomic E-state index is -0.929. The van der Waals surface area contributed by atoms with Crippen LogP contribution in [0.4, 0.5) is 5.82 Å². The summed E-state index contributed by atoms with van der Waals surface area (Å²) in [5, 5.41) is 8.78. The third kappa shape index (κ3) is 2.83. The summed E-state index contributed by atoms with van der Waals surface area (Å²) in [5.41, 5.74) is -0.222. The Morgan fingerprint density at radius 2 is 2.35 bits per heavy atom. The van der Waals surface area contributed by atoms with E-state index >= 15 is 0 Å². The van der Waals surface area contributed by atoms with E-state index in [1.54, 1.807) is 4.90 Å². The van der Waals surface area contributed by atoms with Gasteiger partial charge < -0.3 is 15.0 Å². The molecule has 2 rings (SSSR count). The molecular weight excluding hydrogens is 222 g/mol. The molecule has 0 saturated heterocycles. The van der Waals surface area contributed by atoms with Crippen molar-refractivity contribution in [3.05, 3.63) is 22.2 Å². The topological polar surface area (TPSA) is 86.3 Å². The molecule has 17 heavy (non-hydrogen) atoms. The van der Waals surface area contributed by atoms with E-state index in [0.29, 0.717) is 24.1 Å². The highest BCUT2D eigenvalue weighted by atomic mass is 16.4. The van der Waals surface area contributed by atoms with E-state index in [2.05, 4.69) is 9.97 Å². The van der Waals surface area contributed by atoms with E-state index < -0.39 is 5.97 Å². The average Bonchev–Trinajstić information content (AvgIpc) is 3.08. The number of carbonyl (C=O) groups is 1. The Balaban J connectivity index is 2.28. The van der Waals surface area contributed by atoms with Crippen LogP contribution in [0.5, 0.6) is 0 Å². The van der Waals surface area contributed by atoms with Gasteiger partial charge in [0.05, 0.1) is 0 Å². The van der Waals surface area contributed by atoms with Gasteiger partial charge in [-0.15, -0.1) is 0 Å². The second-order valence-corrected chi connectivity index (χ2v) is 4.17. The predicted molar refractivity (Wildman–Crippen MR) is 62.4 cm³/mol. The van der Waals surface area contributed by atoms with Crippen LogP contribution in [0.25, 0.3) is 0 Å². The zero-order valence-corrected chi connectivity index (χ0v) is 9.64. The molecule has 92 valence electrons. The molecule has 1 fully saturated rings. The molecule has 0 amide bonds. The van der Waals surface area contributed by atoms with Crippen LogP contribution in [-0.2, 0) is 4.79 Å². The van der Waals surface area contributed by atoms with Gasteiger partial charge in [0.25, 0.3) is 5.56 Å². The molecule has 1 heterocycles. The Morgan fingerprint density at radius 3 is 2.88 bits per heavy atom. The molecular formula is C11H15N3O3. The van der Waals surface area contributed by atoms with E-state index in [1.165, 1.54) is 6.07 Å². The van der Waals surface area contributed by atoms with Gasteiger partial charge in [-0.3, -0.25) is 9.59 Å². The fourth-order valence-corrected chi connectivity index (χ4v) is 1.69. The molecule has 0 bridgehead atoms. The fraction of sp³-hybridized carbons (Fsp3) is 0.545. The van der Waals surface area contributed by atoms with Crippen molar-refractivity contribution in [2.75, 3.05) is 18.0 Å². The highest BCUT2D eigenvalue weighted by Crippen LogP contribution is 2.37. The lowest BCUT2D eigenvalue weighted by atomic mass is 10.3. The first-order valence-electron chi connectivity index (χ1n) is 5.68. The number of hydrogen-bond acceptors (Lipinski definition) is 4. The Hall–Kier alpha value is -1.85. The average molecular weight is 237 g/mol. The maximum Gasteiger partial charge on any atom is 0.323 e. The second kappa shape index (κ2) is 4.57. The summed E-state index contributed by atoms with van der Waals surface area (Å²) in [6.45, 7) is 2.20. The Labute approximate surface area is 98.3 Å². The van der Waals surface area contributed by atoms with Gasteiger partial charge in [-0.2, -0.15) is 0 Å². The number of likely N-dealkylation sites (N-methyl/N-ethyl adjacent to an activating group) is 1. The Morgan fingerprint density at radius 1 is 1.65 bits per heavy atom. The molecule has 0 atom stereocenters. The first kappa shape index (κ1) is 11.6. The molecule has 6 nitrogen and oxygen atoms in total. The van der Waals surface area contributed by atoms with E-state index in [9.17, 15) is 9.59 Å². The van der Waals surface area contributed by atoms with Crippen molar-refractivity contribution in [2.24, 2.45) is 0 Å². The molecule has 0 radical (unpaired) electrons. The maximum atomic E-state index is 11.5. The number of aromatic nitrogens is 2. The number of nitrogens with one attached hydrogen (secondary N) is 1. The van der Waals surface area contributed by atoms with Crippen LogP contribution < -0.4 is 10.5 Å². The lowest BCUT2D eigenvalue weighted by Crippen LogP contribution is -2.31. The number of hydrogen-bond donors (Lipinski definition) is 2. The van der Waals surface area contributed by atoms with E-state index in [0.717, 1.165) is 12.8 Å². The quantitative estimate of drug-likeness (QED) is 0.781. The molecule has 1 aromatic rings. The van der Waals surface area contributed by atoms with Gasteiger partial charge in [0.15, 0.2) is 0 Å². The third-order valence-electron chi connectivity index (χ3n) is 2.74. The van der Waals surface area contributed by atoms with Gasteiger partial charge in [-0.05, 0) is 19.8 Å². The van der Waals surface area contributed by atoms with Crippen molar-refractivity contribution < 1.29 is 9.90 Å². The summed E-state index contributed by atoms with van der Waals surface area (Å²) in [7, 11) is 0. The summed E-state index contributed by atoms with van der Waals surface area (Å²) in [4.78, 5) is 30.8. The van der Waals surface area contributed by atoms with Gasteiger partial charge in [0.2, 0.25) is 0 Å². The largest absolute Gasteiger partial charge is 0.480 e. The molecule has 0 spiro atoms. The normalized spacial score (nSPS) is 14.6. The number of rotatable bonds is 5. The molecule has 6 heteroatoms. The van der Waals surface area contributed by atoms with Crippen molar-refractivity contribution >= 4 is 11.8 Å². The molecule has 0 unspecified atom stereocenters. The summed E-state index contributed by atoms with van der Waals surface area (Å²) in [5.74, 6) is 0.532. The van der Waals surface area contributed by atoms with Gasteiger partial charge in [0.1, 0.15) is 18.2 Å². The lowest BCUT2D eigenvalue weighted by molar-refractivity contribution is -0.135. The van der Waals surface area contributed by atoms with Gasteiger partial charge in [-0.1, -0.05) is 0 Å². The maximum absolute atomic E-state index is 11.5. The van der Waals surface area contributed by atoms with Crippen molar-refractivity contribution in [1.29, 1.82) is 0 Å². The Bertz CT molecular complexity index is 479. The monoisotopic (exact) mass is 237 g/mol. The summed E-state index contributed by atoms with van der Waals surface area (Å²) >= 11 is 0.